The van der Waals surface area contributed by atoms with Crippen LogP contribution < -0.4 is 0 Å². The van der Waals surface area contributed by atoms with Crippen LogP contribution in [0.4, 0.5) is 22.0 Å². The van der Waals surface area contributed by atoms with E-state index in [0.717, 1.165) is 0 Å². The van der Waals surface area contributed by atoms with E-state index in [9.17, 15) is 44.5 Å². The zero-order valence-corrected chi connectivity index (χ0v) is 16.2. The van der Waals surface area contributed by atoms with Crippen LogP contribution in [0.2, 0.25) is 0 Å². The molecule has 0 saturated carbocycles. The minimum absolute atomic E-state index is 0.00391. The summed E-state index contributed by atoms with van der Waals surface area (Å²) in [5.74, 6) is -8.23. The molecule has 0 aromatic rings. The standard InChI is InChI=1S/C14H21F5O8S/c1-5-11(3,6-2)9(20)27-13(10(21)25-4,14(17,18)19)26-8-7-12(15,16)28(22,23)24/h5-8H2,1-4H3,(H,22,23,24)/p-1. The van der Waals surface area contributed by atoms with Crippen LogP contribution in [0.25, 0.3) is 0 Å². The van der Waals surface area contributed by atoms with E-state index >= 15 is 0 Å². The van der Waals surface area contributed by atoms with Crippen LogP contribution in [0.3, 0.4) is 0 Å². The molecular weight excluding hydrogens is 423 g/mol. The van der Waals surface area contributed by atoms with E-state index in [2.05, 4.69) is 14.2 Å². The molecule has 0 heterocycles. The molecule has 0 aliphatic carbocycles. The second-order valence-electron chi connectivity index (χ2n) is 5.95. The van der Waals surface area contributed by atoms with E-state index in [4.69, 9.17) is 0 Å². The quantitative estimate of drug-likeness (QED) is 0.218. The fourth-order valence-electron chi connectivity index (χ4n) is 1.75. The van der Waals surface area contributed by atoms with Gasteiger partial charge in [-0.3, -0.25) is 4.79 Å². The van der Waals surface area contributed by atoms with Crippen molar-refractivity contribution in [1.29, 1.82) is 0 Å². The molecule has 0 amide bonds. The van der Waals surface area contributed by atoms with Gasteiger partial charge < -0.3 is 18.8 Å². The minimum atomic E-state index is -6.20. The topological polar surface area (TPSA) is 119 Å². The molecule has 0 radical (unpaired) electrons. The van der Waals surface area contributed by atoms with Crippen molar-refractivity contribution in [2.45, 2.75) is 57.3 Å². The summed E-state index contributed by atoms with van der Waals surface area (Å²) >= 11 is 0. The molecule has 14 heteroatoms. The zero-order valence-electron chi connectivity index (χ0n) is 15.4. The Morgan fingerprint density at radius 3 is 1.79 bits per heavy atom. The summed E-state index contributed by atoms with van der Waals surface area (Å²) in [5, 5.41) is -4.98. The van der Waals surface area contributed by atoms with Crippen molar-refractivity contribution < 1.29 is 58.7 Å². The SMILES string of the molecule is CCC(C)(CC)C(=O)OC(OCCC(F)(F)S(=O)(=O)[O-])(C(=O)OC)C(F)(F)F. The van der Waals surface area contributed by atoms with Crippen molar-refractivity contribution in [3.8, 4) is 0 Å². The summed E-state index contributed by atoms with van der Waals surface area (Å²) in [6, 6.07) is 0. The minimum Gasteiger partial charge on any atom is -0.743 e. The molecule has 8 nitrogen and oxygen atoms in total. The number of carbonyl (C=O) groups excluding carboxylic acids is 2. The highest BCUT2D eigenvalue weighted by atomic mass is 32.2. The molecule has 0 rings (SSSR count). The Morgan fingerprint density at radius 2 is 1.46 bits per heavy atom. The normalized spacial score (nSPS) is 15.6. The molecule has 0 aromatic heterocycles. The molecule has 0 bridgehead atoms. The van der Waals surface area contributed by atoms with Gasteiger partial charge in [-0.15, -0.1) is 0 Å². The summed E-state index contributed by atoms with van der Waals surface area (Å²) < 4.78 is 111. The van der Waals surface area contributed by atoms with Gasteiger partial charge in [-0.1, -0.05) is 13.8 Å². The molecule has 0 aliphatic heterocycles. The van der Waals surface area contributed by atoms with Crippen LogP contribution in [0, 0.1) is 5.41 Å². The summed E-state index contributed by atoms with van der Waals surface area (Å²) in [4.78, 5) is 24.0. The van der Waals surface area contributed by atoms with Crippen LogP contribution in [0.5, 0.6) is 0 Å². The van der Waals surface area contributed by atoms with Gasteiger partial charge in [-0.25, -0.2) is 13.2 Å². The average Bonchev–Trinajstić information content (AvgIpc) is 2.56. The Labute approximate surface area is 158 Å². The number of hydrogen-bond donors (Lipinski definition) is 0. The van der Waals surface area contributed by atoms with Crippen molar-refractivity contribution in [3.05, 3.63) is 0 Å². The second kappa shape index (κ2) is 8.86. The number of carbonyl (C=O) groups is 2. The molecule has 1 unspecified atom stereocenters. The number of rotatable bonds is 10. The Kier molecular flexibility index (Phi) is 8.37. The summed E-state index contributed by atoms with van der Waals surface area (Å²) in [7, 11) is -5.71. The molecule has 0 spiro atoms. The van der Waals surface area contributed by atoms with Crippen LogP contribution in [-0.2, 0) is 33.9 Å². The van der Waals surface area contributed by atoms with E-state index in [-0.39, 0.29) is 12.8 Å². The van der Waals surface area contributed by atoms with Gasteiger partial charge in [0.1, 0.15) is 0 Å². The summed E-state index contributed by atoms with van der Waals surface area (Å²) in [5.41, 5.74) is -1.48. The molecule has 0 N–H and O–H groups in total. The van der Waals surface area contributed by atoms with Crippen LogP contribution in [0.15, 0.2) is 0 Å². The van der Waals surface area contributed by atoms with Gasteiger partial charge in [0.2, 0.25) is 0 Å². The van der Waals surface area contributed by atoms with E-state index in [0.29, 0.717) is 7.11 Å². The van der Waals surface area contributed by atoms with Crippen molar-refractivity contribution in [1.82, 2.24) is 0 Å². The van der Waals surface area contributed by atoms with Gasteiger partial charge in [0.05, 0.1) is 19.1 Å². The van der Waals surface area contributed by atoms with Crippen LogP contribution in [-0.4, -0.2) is 55.8 Å². The van der Waals surface area contributed by atoms with Gasteiger partial charge >= 0.3 is 29.2 Å². The third-order valence-electron chi connectivity index (χ3n) is 4.18. The maximum atomic E-state index is 13.6. The number of esters is 2. The fraction of sp³-hybridized carbons (Fsp3) is 0.857. The predicted octanol–water partition coefficient (Wildman–Crippen LogP) is 2.33. The smallest absolute Gasteiger partial charge is 0.468 e. The van der Waals surface area contributed by atoms with Crippen molar-refractivity contribution in [2.75, 3.05) is 13.7 Å². The highest BCUT2D eigenvalue weighted by Crippen LogP contribution is 2.40. The number of methoxy groups -OCH3 is 1. The molecule has 0 aliphatic rings. The molecule has 28 heavy (non-hydrogen) atoms. The first-order valence-corrected chi connectivity index (χ1v) is 9.20. The number of ether oxygens (including phenoxy) is 3. The maximum Gasteiger partial charge on any atom is 0.468 e. The lowest BCUT2D eigenvalue weighted by Gasteiger charge is -2.35. The Balaban J connectivity index is 5.95. The molecule has 0 fully saturated rings. The Hall–Kier alpha value is -1.54. The highest BCUT2D eigenvalue weighted by Gasteiger charge is 2.68. The lowest BCUT2D eigenvalue weighted by atomic mass is 9.85. The predicted molar refractivity (Wildman–Crippen MR) is 80.8 cm³/mol. The third kappa shape index (κ3) is 5.50. The Morgan fingerprint density at radius 1 is 1.00 bits per heavy atom. The van der Waals surface area contributed by atoms with E-state index < -0.39 is 57.7 Å². The van der Waals surface area contributed by atoms with E-state index in [1.165, 1.54) is 20.8 Å². The first-order chi connectivity index (χ1) is 12.4. The lowest BCUT2D eigenvalue weighted by molar-refractivity contribution is -0.358. The van der Waals surface area contributed by atoms with Crippen molar-refractivity contribution in [2.24, 2.45) is 5.41 Å². The number of halogens is 5. The molecule has 1 atom stereocenters. The van der Waals surface area contributed by atoms with Crippen LogP contribution >= 0.6 is 0 Å². The monoisotopic (exact) mass is 443 g/mol. The number of hydrogen-bond acceptors (Lipinski definition) is 8. The largest absolute Gasteiger partial charge is 0.743 e. The number of alkyl halides is 5. The van der Waals surface area contributed by atoms with Gasteiger partial charge in [0.15, 0.2) is 10.1 Å². The van der Waals surface area contributed by atoms with Crippen molar-refractivity contribution >= 4 is 22.1 Å². The molecule has 0 aromatic carbocycles. The maximum absolute atomic E-state index is 13.6. The molecule has 166 valence electrons. The summed E-state index contributed by atoms with van der Waals surface area (Å²) in [6.07, 6.45) is -7.79. The molecule has 0 saturated heterocycles. The zero-order chi connectivity index (χ0) is 22.6. The summed E-state index contributed by atoms with van der Waals surface area (Å²) in [6.45, 7) is 2.38. The first-order valence-electron chi connectivity index (χ1n) is 7.80. The second-order valence-corrected chi connectivity index (χ2v) is 7.46. The lowest BCUT2D eigenvalue weighted by Crippen LogP contribution is -2.59. The fourth-order valence-corrected chi connectivity index (χ4v) is 2.08. The highest BCUT2D eigenvalue weighted by molar-refractivity contribution is 7.86. The van der Waals surface area contributed by atoms with Gasteiger partial charge in [-0.2, -0.15) is 22.0 Å². The average molecular weight is 443 g/mol. The van der Waals surface area contributed by atoms with E-state index in [1.54, 1.807) is 0 Å². The molecular formula is C14H20F5O8S-. The first kappa shape index (κ1) is 26.5. The van der Waals surface area contributed by atoms with Crippen molar-refractivity contribution in [3.63, 3.8) is 0 Å². The Bertz CT molecular complexity index is 672. The van der Waals surface area contributed by atoms with E-state index in [1.807, 2.05) is 0 Å². The van der Waals surface area contributed by atoms with Crippen LogP contribution in [0.1, 0.15) is 40.0 Å². The van der Waals surface area contributed by atoms with Gasteiger partial charge in [-0.05, 0) is 19.8 Å². The van der Waals surface area contributed by atoms with Gasteiger partial charge in [0.25, 0.3) is 0 Å². The van der Waals surface area contributed by atoms with Gasteiger partial charge in [0, 0.05) is 6.42 Å². The third-order valence-corrected chi connectivity index (χ3v) is 5.12.